The molecule has 0 aliphatic carbocycles. The van der Waals surface area contributed by atoms with E-state index in [9.17, 15) is 4.79 Å². The Kier molecular flexibility index (Phi) is 5.34. The lowest BCUT2D eigenvalue weighted by atomic mass is 9.97. The summed E-state index contributed by atoms with van der Waals surface area (Å²) in [7, 11) is 0. The van der Waals surface area contributed by atoms with Gasteiger partial charge in [-0.15, -0.1) is 0 Å². The number of fused-ring (bicyclic) bond motifs is 1. The van der Waals surface area contributed by atoms with E-state index in [1.807, 2.05) is 12.1 Å². The number of nitrogens with zero attached hydrogens (tertiary/aromatic N) is 3. The Labute approximate surface area is 144 Å². The van der Waals surface area contributed by atoms with Crippen LogP contribution in [0.5, 0.6) is 0 Å². The minimum Gasteiger partial charge on any atom is -0.299 e. The van der Waals surface area contributed by atoms with Crippen molar-refractivity contribution in [2.45, 2.75) is 71.5 Å². The van der Waals surface area contributed by atoms with E-state index in [2.05, 4.69) is 36.7 Å². The molecule has 0 spiro atoms. The van der Waals surface area contributed by atoms with Crippen LogP contribution in [0, 0.1) is 0 Å². The first kappa shape index (κ1) is 17.2. The first-order valence-corrected chi connectivity index (χ1v) is 9.34. The molecule has 3 rings (SSSR count). The number of benzene rings is 1. The van der Waals surface area contributed by atoms with E-state index in [0.29, 0.717) is 12.1 Å². The van der Waals surface area contributed by atoms with Gasteiger partial charge in [0.1, 0.15) is 0 Å². The van der Waals surface area contributed by atoms with Crippen LogP contribution in [0.25, 0.3) is 10.9 Å². The van der Waals surface area contributed by atoms with Crippen LogP contribution >= 0.6 is 0 Å². The van der Waals surface area contributed by atoms with Crippen LogP contribution in [-0.2, 0) is 13.0 Å². The zero-order chi connectivity index (χ0) is 17.1. The van der Waals surface area contributed by atoms with Gasteiger partial charge in [-0.05, 0) is 63.8 Å². The average Bonchev–Trinajstić information content (AvgIpc) is 2.61. The van der Waals surface area contributed by atoms with Gasteiger partial charge in [0, 0.05) is 18.6 Å². The summed E-state index contributed by atoms with van der Waals surface area (Å²) in [4.78, 5) is 19.9. The van der Waals surface area contributed by atoms with E-state index in [-0.39, 0.29) is 5.56 Å². The molecule has 1 atom stereocenters. The lowest BCUT2D eigenvalue weighted by molar-refractivity contribution is 0.102. The molecule has 1 aliphatic rings. The summed E-state index contributed by atoms with van der Waals surface area (Å²) < 4.78 is 1.80. The predicted octanol–water partition coefficient (Wildman–Crippen LogP) is 3.61. The van der Waals surface area contributed by atoms with Crippen LogP contribution in [-0.4, -0.2) is 33.1 Å². The fourth-order valence-corrected chi connectivity index (χ4v) is 3.89. The highest BCUT2D eigenvalue weighted by Crippen LogP contribution is 2.22. The highest BCUT2D eigenvalue weighted by Gasteiger charge is 2.24. The monoisotopic (exact) mass is 327 g/mol. The Morgan fingerprint density at radius 2 is 2.12 bits per heavy atom. The van der Waals surface area contributed by atoms with Gasteiger partial charge in [0.25, 0.3) is 5.56 Å². The molecule has 0 bridgehead atoms. The van der Waals surface area contributed by atoms with E-state index in [1.54, 1.807) is 10.9 Å². The van der Waals surface area contributed by atoms with E-state index >= 15 is 0 Å². The summed E-state index contributed by atoms with van der Waals surface area (Å²) in [5, 5.41) is 0.751. The molecule has 1 unspecified atom stereocenters. The van der Waals surface area contributed by atoms with E-state index < -0.39 is 0 Å². The van der Waals surface area contributed by atoms with Gasteiger partial charge in [-0.1, -0.05) is 19.4 Å². The molecule has 0 saturated carbocycles. The molecule has 1 aromatic heterocycles. The Balaban J connectivity index is 1.79. The second-order valence-electron chi connectivity index (χ2n) is 7.22. The Hall–Kier alpha value is -1.68. The largest absolute Gasteiger partial charge is 0.299 e. The van der Waals surface area contributed by atoms with E-state index in [0.717, 1.165) is 30.3 Å². The number of hydrogen-bond acceptors (Lipinski definition) is 3. The summed E-state index contributed by atoms with van der Waals surface area (Å²) in [6.45, 7) is 8.60. The van der Waals surface area contributed by atoms with Crippen molar-refractivity contribution < 1.29 is 0 Å². The van der Waals surface area contributed by atoms with Crippen molar-refractivity contribution in [3.05, 3.63) is 40.4 Å². The van der Waals surface area contributed by atoms with Crippen molar-refractivity contribution in [3.8, 4) is 0 Å². The number of rotatable bonds is 5. The Morgan fingerprint density at radius 3 is 2.88 bits per heavy atom. The normalized spacial score (nSPS) is 19.2. The van der Waals surface area contributed by atoms with Crippen molar-refractivity contribution in [1.82, 2.24) is 14.5 Å². The zero-order valence-corrected chi connectivity index (χ0v) is 15.2. The van der Waals surface area contributed by atoms with Gasteiger partial charge in [-0.2, -0.15) is 0 Å². The van der Waals surface area contributed by atoms with E-state index in [4.69, 9.17) is 0 Å². The number of likely N-dealkylation sites (tertiary alicyclic amines) is 1. The van der Waals surface area contributed by atoms with Crippen molar-refractivity contribution in [3.63, 3.8) is 0 Å². The third-order valence-electron chi connectivity index (χ3n) is 5.34. The highest BCUT2D eigenvalue weighted by molar-refractivity contribution is 5.78. The number of aromatic nitrogens is 2. The van der Waals surface area contributed by atoms with Crippen LogP contribution in [0.15, 0.2) is 29.3 Å². The Bertz CT molecular complexity index is 750. The summed E-state index contributed by atoms with van der Waals surface area (Å²) >= 11 is 0. The second-order valence-corrected chi connectivity index (χ2v) is 7.22. The zero-order valence-electron chi connectivity index (χ0n) is 15.2. The molecule has 2 aromatic rings. The summed E-state index contributed by atoms with van der Waals surface area (Å²) in [5.41, 5.74) is 2.09. The van der Waals surface area contributed by atoms with E-state index in [1.165, 1.54) is 31.4 Å². The van der Waals surface area contributed by atoms with Crippen molar-refractivity contribution in [1.29, 1.82) is 0 Å². The maximum Gasteiger partial charge on any atom is 0.261 e. The maximum absolute atomic E-state index is 12.8. The van der Waals surface area contributed by atoms with Crippen LogP contribution in [0.1, 0.15) is 52.0 Å². The smallest absolute Gasteiger partial charge is 0.261 e. The fourth-order valence-electron chi connectivity index (χ4n) is 3.89. The maximum atomic E-state index is 12.8. The molecule has 0 radical (unpaired) electrons. The average molecular weight is 327 g/mol. The Morgan fingerprint density at radius 1 is 1.29 bits per heavy atom. The predicted molar refractivity (Wildman–Crippen MR) is 99.5 cm³/mol. The molecule has 2 heterocycles. The van der Waals surface area contributed by atoms with Crippen molar-refractivity contribution >= 4 is 10.9 Å². The molecule has 130 valence electrons. The molecule has 1 aromatic carbocycles. The number of hydrogen-bond donors (Lipinski definition) is 0. The molecule has 0 amide bonds. The molecule has 1 aliphatic heterocycles. The quantitative estimate of drug-likeness (QED) is 0.842. The molecule has 4 heteroatoms. The topological polar surface area (TPSA) is 38.1 Å². The standard InChI is InChI=1S/C20H29N3O/c1-4-16-8-9-19-18(13-16)20(24)22(14-21-19)12-10-17-7-5-6-11-23(17)15(2)3/h8-9,13-15,17H,4-7,10-12H2,1-3H3. The van der Waals surface area contributed by atoms with Crippen LogP contribution in [0.3, 0.4) is 0 Å². The van der Waals surface area contributed by atoms with Crippen LogP contribution < -0.4 is 5.56 Å². The lowest BCUT2D eigenvalue weighted by Crippen LogP contribution is -2.44. The molecule has 1 saturated heterocycles. The third-order valence-corrected chi connectivity index (χ3v) is 5.34. The first-order valence-electron chi connectivity index (χ1n) is 9.34. The fraction of sp³-hybridized carbons (Fsp3) is 0.600. The molecular weight excluding hydrogens is 298 g/mol. The van der Waals surface area contributed by atoms with Gasteiger partial charge >= 0.3 is 0 Å². The van der Waals surface area contributed by atoms with Gasteiger partial charge in [0.15, 0.2) is 0 Å². The summed E-state index contributed by atoms with van der Waals surface area (Å²) in [5.74, 6) is 0. The van der Waals surface area contributed by atoms with Gasteiger partial charge in [-0.3, -0.25) is 14.3 Å². The minimum absolute atomic E-state index is 0.0993. The van der Waals surface area contributed by atoms with Crippen LogP contribution in [0.2, 0.25) is 0 Å². The molecule has 4 nitrogen and oxygen atoms in total. The van der Waals surface area contributed by atoms with Gasteiger partial charge in [0.05, 0.1) is 17.2 Å². The molecular formula is C20H29N3O. The lowest BCUT2D eigenvalue weighted by Gasteiger charge is -2.38. The third kappa shape index (κ3) is 3.54. The van der Waals surface area contributed by atoms with Gasteiger partial charge < -0.3 is 0 Å². The summed E-state index contributed by atoms with van der Waals surface area (Å²) in [6.07, 6.45) is 7.53. The molecule has 0 N–H and O–H groups in total. The SMILES string of the molecule is CCc1ccc2ncn(CCC3CCCCN3C(C)C)c(=O)c2c1. The molecule has 24 heavy (non-hydrogen) atoms. The highest BCUT2D eigenvalue weighted by atomic mass is 16.1. The van der Waals surface area contributed by atoms with Crippen molar-refractivity contribution in [2.24, 2.45) is 0 Å². The van der Waals surface area contributed by atoms with Gasteiger partial charge in [-0.25, -0.2) is 4.98 Å². The molecule has 1 fully saturated rings. The first-order chi connectivity index (χ1) is 11.6. The van der Waals surface area contributed by atoms with Crippen LogP contribution in [0.4, 0.5) is 0 Å². The summed E-state index contributed by atoms with van der Waals surface area (Å²) in [6, 6.07) is 7.18. The number of aryl methyl sites for hydroxylation is 2. The van der Waals surface area contributed by atoms with Gasteiger partial charge in [0.2, 0.25) is 0 Å². The second kappa shape index (κ2) is 7.47. The number of piperidine rings is 1. The van der Waals surface area contributed by atoms with Crippen molar-refractivity contribution in [2.75, 3.05) is 6.54 Å². The minimum atomic E-state index is 0.0993.